The van der Waals surface area contributed by atoms with Crippen LogP contribution in [0.4, 0.5) is 5.69 Å². The first-order chi connectivity index (χ1) is 9.47. The number of thiocarbonyl (C=S) groups is 1. The van der Waals surface area contributed by atoms with Crippen LogP contribution in [0.25, 0.3) is 0 Å². The normalized spacial score (nSPS) is 16.0. The molecule has 0 aliphatic carbocycles. The van der Waals surface area contributed by atoms with Crippen molar-refractivity contribution in [3.63, 3.8) is 0 Å². The molecule has 0 atom stereocenters. The maximum absolute atomic E-state index is 11.1. The Morgan fingerprint density at radius 3 is 2.65 bits per heavy atom. The maximum atomic E-state index is 11.1. The second-order valence-electron chi connectivity index (χ2n) is 4.99. The van der Waals surface area contributed by atoms with Crippen molar-refractivity contribution >= 4 is 44.7 Å². The van der Waals surface area contributed by atoms with E-state index in [2.05, 4.69) is 26.1 Å². The lowest BCUT2D eigenvalue weighted by Gasteiger charge is -2.34. The number of rotatable bonds is 3. The Bertz CT molecular complexity index is 527. The summed E-state index contributed by atoms with van der Waals surface area (Å²) in [5, 5.41) is 2.98. The van der Waals surface area contributed by atoms with E-state index in [1.54, 1.807) is 6.92 Å². The van der Waals surface area contributed by atoms with Crippen LogP contribution in [0.2, 0.25) is 0 Å². The maximum Gasteiger partial charge on any atom is 0.217 e. The van der Waals surface area contributed by atoms with Crippen molar-refractivity contribution < 1.29 is 4.79 Å². The van der Waals surface area contributed by atoms with E-state index in [0.29, 0.717) is 4.99 Å². The van der Waals surface area contributed by atoms with Crippen LogP contribution in [-0.4, -0.2) is 30.0 Å². The quantitative estimate of drug-likeness (QED) is 0.816. The number of halogens is 1. The van der Waals surface area contributed by atoms with Crippen LogP contribution in [-0.2, 0) is 4.79 Å². The highest BCUT2D eigenvalue weighted by molar-refractivity contribution is 9.10. The molecule has 0 bridgehead atoms. The molecule has 6 heteroatoms. The van der Waals surface area contributed by atoms with Crippen molar-refractivity contribution in [2.24, 2.45) is 5.73 Å². The third kappa shape index (κ3) is 3.70. The minimum Gasteiger partial charge on any atom is -0.389 e. The molecule has 4 nitrogen and oxygen atoms in total. The SMILES string of the molecule is CC(=O)NC1CCN(c2ccc(Br)cc2C(N)=S)CC1. The van der Waals surface area contributed by atoms with Gasteiger partial charge in [0.25, 0.3) is 0 Å². The Labute approximate surface area is 132 Å². The van der Waals surface area contributed by atoms with Gasteiger partial charge in [0.2, 0.25) is 5.91 Å². The molecule has 108 valence electrons. The zero-order valence-electron chi connectivity index (χ0n) is 11.4. The van der Waals surface area contributed by atoms with Crippen LogP contribution in [0, 0.1) is 0 Å². The van der Waals surface area contributed by atoms with E-state index in [0.717, 1.165) is 41.7 Å². The van der Waals surface area contributed by atoms with Crippen molar-refractivity contribution in [2.45, 2.75) is 25.8 Å². The van der Waals surface area contributed by atoms with E-state index < -0.39 is 0 Å². The van der Waals surface area contributed by atoms with Gasteiger partial charge < -0.3 is 16.0 Å². The molecule has 1 aliphatic heterocycles. The molecule has 1 saturated heterocycles. The summed E-state index contributed by atoms with van der Waals surface area (Å²) in [4.78, 5) is 13.8. The molecule has 1 heterocycles. The minimum absolute atomic E-state index is 0.0379. The lowest BCUT2D eigenvalue weighted by atomic mass is 10.0. The van der Waals surface area contributed by atoms with Crippen molar-refractivity contribution in [3.05, 3.63) is 28.2 Å². The van der Waals surface area contributed by atoms with E-state index in [9.17, 15) is 4.79 Å². The lowest BCUT2D eigenvalue weighted by molar-refractivity contribution is -0.119. The number of nitrogens with zero attached hydrogens (tertiary/aromatic N) is 1. The first kappa shape index (κ1) is 15.3. The number of carbonyl (C=O) groups is 1. The molecule has 1 amide bonds. The Balaban J connectivity index is 2.11. The van der Waals surface area contributed by atoms with Gasteiger partial charge in [-0.2, -0.15) is 0 Å². The van der Waals surface area contributed by atoms with E-state index in [1.807, 2.05) is 18.2 Å². The fourth-order valence-corrected chi connectivity index (χ4v) is 3.06. The van der Waals surface area contributed by atoms with Crippen LogP contribution >= 0.6 is 28.1 Å². The van der Waals surface area contributed by atoms with Gasteiger partial charge in [-0.1, -0.05) is 28.1 Å². The van der Waals surface area contributed by atoms with Crippen molar-refractivity contribution in [2.75, 3.05) is 18.0 Å². The van der Waals surface area contributed by atoms with Crippen LogP contribution in [0.3, 0.4) is 0 Å². The molecule has 0 spiro atoms. The molecule has 0 radical (unpaired) electrons. The van der Waals surface area contributed by atoms with E-state index in [4.69, 9.17) is 18.0 Å². The van der Waals surface area contributed by atoms with Gasteiger partial charge >= 0.3 is 0 Å². The van der Waals surface area contributed by atoms with Crippen LogP contribution in [0.5, 0.6) is 0 Å². The Hall–Kier alpha value is -1.14. The van der Waals surface area contributed by atoms with Crippen molar-refractivity contribution in [1.82, 2.24) is 5.32 Å². The molecule has 3 N–H and O–H groups in total. The van der Waals surface area contributed by atoms with Gasteiger partial charge in [-0.15, -0.1) is 0 Å². The number of hydrogen-bond donors (Lipinski definition) is 2. The highest BCUT2D eigenvalue weighted by Crippen LogP contribution is 2.27. The van der Waals surface area contributed by atoms with E-state index in [-0.39, 0.29) is 11.9 Å². The topological polar surface area (TPSA) is 58.4 Å². The molecule has 2 rings (SSSR count). The third-order valence-electron chi connectivity index (χ3n) is 3.47. The number of nitrogens with one attached hydrogen (secondary N) is 1. The van der Waals surface area contributed by atoms with E-state index >= 15 is 0 Å². The summed E-state index contributed by atoms with van der Waals surface area (Å²) in [5.74, 6) is 0.0379. The second-order valence-corrected chi connectivity index (χ2v) is 6.34. The van der Waals surface area contributed by atoms with Gasteiger partial charge in [-0.25, -0.2) is 0 Å². The van der Waals surface area contributed by atoms with Crippen LogP contribution in [0.1, 0.15) is 25.3 Å². The molecular weight excluding hydrogens is 338 g/mol. The summed E-state index contributed by atoms with van der Waals surface area (Å²) in [6.45, 7) is 3.34. The molecule has 20 heavy (non-hydrogen) atoms. The van der Waals surface area contributed by atoms with Gasteiger partial charge in [-0.05, 0) is 31.0 Å². The smallest absolute Gasteiger partial charge is 0.217 e. The molecule has 1 fully saturated rings. The molecule has 0 saturated carbocycles. The zero-order chi connectivity index (χ0) is 14.7. The molecule has 0 aromatic heterocycles. The summed E-state index contributed by atoms with van der Waals surface area (Å²) in [6, 6.07) is 6.26. The fourth-order valence-electron chi connectivity index (χ4n) is 2.53. The monoisotopic (exact) mass is 355 g/mol. The highest BCUT2D eigenvalue weighted by Gasteiger charge is 2.22. The van der Waals surface area contributed by atoms with E-state index in [1.165, 1.54) is 0 Å². The predicted molar refractivity (Wildman–Crippen MR) is 89.1 cm³/mol. The summed E-state index contributed by atoms with van der Waals surface area (Å²) in [7, 11) is 0. The first-order valence-electron chi connectivity index (χ1n) is 6.59. The number of nitrogens with two attached hydrogens (primary N) is 1. The number of piperidine rings is 1. The predicted octanol–water partition coefficient (Wildman–Crippen LogP) is 2.19. The first-order valence-corrected chi connectivity index (χ1v) is 7.79. The van der Waals surface area contributed by atoms with Gasteiger partial charge in [0, 0.05) is 41.8 Å². The van der Waals surface area contributed by atoms with Gasteiger partial charge in [-0.3, -0.25) is 4.79 Å². The standard InChI is InChI=1S/C14H18BrN3OS/c1-9(19)17-11-4-6-18(7-5-11)13-3-2-10(15)8-12(13)14(16)20/h2-3,8,11H,4-7H2,1H3,(H2,16,20)(H,17,19). The van der Waals surface area contributed by atoms with Crippen molar-refractivity contribution in [3.8, 4) is 0 Å². The van der Waals surface area contributed by atoms with Crippen LogP contribution < -0.4 is 16.0 Å². The molecular formula is C14H18BrN3OS. The summed E-state index contributed by atoms with van der Waals surface area (Å²) < 4.78 is 0.970. The second kappa shape index (κ2) is 6.54. The van der Waals surface area contributed by atoms with Crippen molar-refractivity contribution in [1.29, 1.82) is 0 Å². The van der Waals surface area contributed by atoms with Gasteiger partial charge in [0.1, 0.15) is 4.99 Å². The number of amides is 1. The summed E-state index contributed by atoms with van der Waals surface area (Å²) in [5.41, 5.74) is 7.78. The molecule has 0 unspecified atom stereocenters. The molecule has 1 aromatic rings. The number of carbonyl (C=O) groups excluding carboxylic acids is 1. The average Bonchev–Trinajstić information content (AvgIpc) is 2.39. The Kier molecular flexibility index (Phi) is 4.99. The fraction of sp³-hybridized carbons (Fsp3) is 0.429. The molecule has 1 aromatic carbocycles. The Morgan fingerprint density at radius 1 is 1.45 bits per heavy atom. The van der Waals surface area contributed by atoms with Gasteiger partial charge in [0.15, 0.2) is 0 Å². The lowest BCUT2D eigenvalue weighted by Crippen LogP contribution is -2.44. The third-order valence-corrected chi connectivity index (χ3v) is 4.18. The van der Waals surface area contributed by atoms with Crippen LogP contribution in [0.15, 0.2) is 22.7 Å². The number of benzene rings is 1. The Morgan fingerprint density at radius 2 is 2.10 bits per heavy atom. The number of anilines is 1. The molecule has 1 aliphatic rings. The average molecular weight is 356 g/mol. The largest absolute Gasteiger partial charge is 0.389 e. The number of hydrogen-bond acceptors (Lipinski definition) is 3. The zero-order valence-corrected chi connectivity index (χ0v) is 13.8. The summed E-state index contributed by atoms with van der Waals surface area (Å²) in [6.07, 6.45) is 1.87. The summed E-state index contributed by atoms with van der Waals surface area (Å²) >= 11 is 8.58. The highest BCUT2D eigenvalue weighted by atomic mass is 79.9. The van der Waals surface area contributed by atoms with Gasteiger partial charge in [0.05, 0.1) is 0 Å². The minimum atomic E-state index is 0.0379.